The Morgan fingerprint density at radius 2 is 1.86 bits per heavy atom. The predicted octanol–water partition coefficient (Wildman–Crippen LogP) is 4.15. The summed E-state index contributed by atoms with van der Waals surface area (Å²) in [5.41, 5.74) is 3.35. The van der Waals surface area contributed by atoms with Crippen LogP contribution in [0.25, 0.3) is 0 Å². The molecule has 3 rings (SSSR count). The number of carbonyl (C=O) groups is 1. The van der Waals surface area contributed by atoms with Gasteiger partial charge in [0.25, 0.3) is 0 Å². The van der Waals surface area contributed by atoms with Gasteiger partial charge in [0.1, 0.15) is 0 Å². The Morgan fingerprint density at radius 3 is 2.71 bits per heavy atom. The van der Waals surface area contributed by atoms with Crippen molar-refractivity contribution in [1.82, 2.24) is 0 Å². The van der Waals surface area contributed by atoms with E-state index in [1.165, 1.54) is 5.56 Å². The van der Waals surface area contributed by atoms with E-state index in [0.29, 0.717) is 10.6 Å². The van der Waals surface area contributed by atoms with Crippen LogP contribution < -0.4 is 0 Å². The first-order valence-electron chi connectivity index (χ1n) is 6.44. The molecule has 0 unspecified atom stereocenters. The van der Waals surface area contributed by atoms with Gasteiger partial charge in [-0.2, -0.15) is 11.8 Å². The quantitative estimate of drug-likeness (QED) is 0.617. The summed E-state index contributed by atoms with van der Waals surface area (Å²) in [6, 6.07) is 14.8. The van der Waals surface area contributed by atoms with Crippen LogP contribution in [0.2, 0.25) is 5.02 Å². The van der Waals surface area contributed by atoms with Gasteiger partial charge < -0.3 is 4.84 Å². The van der Waals surface area contributed by atoms with Gasteiger partial charge in [0.05, 0.1) is 16.3 Å². The van der Waals surface area contributed by atoms with E-state index < -0.39 is 5.97 Å². The lowest BCUT2D eigenvalue weighted by molar-refractivity contribution is 0.0516. The molecule has 0 aromatic heterocycles. The number of carbonyl (C=O) groups excluding carboxylic acids is 1. The van der Waals surface area contributed by atoms with Crippen molar-refractivity contribution in [3.63, 3.8) is 0 Å². The number of oxime groups is 1. The summed E-state index contributed by atoms with van der Waals surface area (Å²) >= 11 is 7.72. The molecule has 1 aliphatic heterocycles. The van der Waals surface area contributed by atoms with E-state index in [-0.39, 0.29) is 0 Å². The van der Waals surface area contributed by atoms with Crippen molar-refractivity contribution in [3.8, 4) is 0 Å². The average molecular weight is 318 g/mol. The number of benzene rings is 2. The number of nitrogens with zero attached hydrogens (tertiary/aromatic N) is 1. The van der Waals surface area contributed by atoms with Crippen LogP contribution in [0.15, 0.2) is 53.7 Å². The summed E-state index contributed by atoms with van der Waals surface area (Å²) in [5, 5.41) is 4.39. The molecular weight excluding hydrogens is 306 g/mol. The molecule has 0 fully saturated rings. The van der Waals surface area contributed by atoms with Gasteiger partial charge >= 0.3 is 5.97 Å². The smallest absolute Gasteiger partial charge is 0.312 e. The number of hydrogen-bond donors (Lipinski definition) is 0. The summed E-state index contributed by atoms with van der Waals surface area (Å²) in [6.45, 7) is 0. The van der Waals surface area contributed by atoms with Gasteiger partial charge in [-0.15, -0.1) is 0 Å². The van der Waals surface area contributed by atoms with E-state index in [4.69, 9.17) is 16.4 Å². The maximum atomic E-state index is 12.0. The van der Waals surface area contributed by atoms with Crippen LogP contribution in [0.4, 0.5) is 0 Å². The maximum absolute atomic E-state index is 12.0. The lowest BCUT2D eigenvalue weighted by atomic mass is 10.1. The van der Waals surface area contributed by atoms with Crippen molar-refractivity contribution >= 4 is 35.0 Å². The SMILES string of the molecule is O=C(O/N=C1/CSCc2ccccc21)c1ccccc1Cl. The van der Waals surface area contributed by atoms with Gasteiger partial charge in [-0.1, -0.05) is 53.2 Å². The largest absolute Gasteiger partial charge is 0.367 e. The molecule has 21 heavy (non-hydrogen) atoms. The Hall–Kier alpha value is -1.78. The standard InChI is InChI=1S/C16H12ClNO2S/c17-14-8-4-3-7-13(14)16(19)20-18-15-10-21-9-11-5-1-2-6-12(11)15/h1-8H,9-10H2/b18-15-. The monoisotopic (exact) mass is 317 g/mol. The predicted molar refractivity (Wildman–Crippen MR) is 86.0 cm³/mol. The zero-order valence-corrected chi connectivity index (χ0v) is 12.7. The van der Waals surface area contributed by atoms with Gasteiger partial charge in [0, 0.05) is 17.1 Å². The molecule has 0 saturated heterocycles. The minimum atomic E-state index is -0.541. The van der Waals surface area contributed by atoms with E-state index in [2.05, 4.69) is 11.2 Å². The average Bonchev–Trinajstić information content (AvgIpc) is 2.53. The lowest BCUT2D eigenvalue weighted by Gasteiger charge is -2.16. The molecule has 5 heteroatoms. The minimum absolute atomic E-state index is 0.320. The second-order valence-corrected chi connectivity index (χ2v) is 5.94. The Labute approximate surface area is 131 Å². The van der Waals surface area contributed by atoms with Crippen LogP contribution in [-0.2, 0) is 10.6 Å². The molecule has 0 atom stereocenters. The van der Waals surface area contributed by atoms with Crippen LogP contribution in [0.3, 0.4) is 0 Å². The lowest BCUT2D eigenvalue weighted by Crippen LogP contribution is -2.14. The van der Waals surface area contributed by atoms with Gasteiger partial charge in [0.2, 0.25) is 0 Å². The van der Waals surface area contributed by atoms with Gasteiger partial charge in [0.15, 0.2) is 0 Å². The number of thioether (sulfide) groups is 1. The highest BCUT2D eigenvalue weighted by Gasteiger charge is 2.17. The Bertz CT molecular complexity index is 715. The molecule has 0 amide bonds. The Kier molecular flexibility index (Phi) is 4.27. The number of hydrogen-bond acceptors (Lipinski definition) is 4. The van der Waals surface area contributed by atoms with Crippen LogP contribution in [0, 0.1) is 0 Å². The summed E-state index contributed by atoms with van der Waals surface area (Å²) < 4.78 is 0. The molecule has 1 heterocycles. The number of rotatable bonds is 2. The number of halogens is 1. The second-order valence-electron chi connectivity index (χ2n) is 4.55. The summed E-state index contributed by atoms with van der Waals surface area (Å²) in [6.07, 6.45) is 0. The molecule has 2 aromatic carbocycles. The molecule has 0 aliphatic carbocycles. The number of fused-ring (bicyclic) bond motifs is 1. The van der Waals surface area contributed by atoms with Crippen LogP contribution in [0.5, 0.6) is 0 Å². The summed E-state index contributed by atoms with van der Waals surface area (Å²) in [5.74, 6) is 1.14. The third-order valence-corrected chi connectivity index (χ3v) is 4.48. The highest BCUT2D eigenvalue weighted by Crippen LogP contribution is 2.25. The summed E-state index contributed by atoms with van der Waals surface area (Å²) in [4.78, 5) is 17.1. The fraction of sp³-hybridized carbons (Fsp3) is 0.125. The van der Waals surface area contributed by atoms with Crippen molar-refractivity contribution in [2.24, 2.45) is 5.16 Å². The summed E-state index contributed by atoms with van der Waals surface area (Å²) in [7, 11) is 0. The Balaban J connectivity index is 1.82. The first kappa shape index (κ1) is 14.2. The van der Waals surface area contributed by atoms with Crippen molar-refractivity contribution in [3.05, 3.63) is 70.2 Å². The first-order valence-corrected chi connectivity index (χ1v) is 7.98. The molecule has 2 aromatic rings. The Morgan fingerprint density at radius 1 is 1.10 bits per heavy atom. The third kappa shape index (κ3) is 3.12. The second kappa shape index (κ2) is 6.33. The van der Waals surface area contributed by atoms with E-state index >= 15 is 0 Å². The fourth-order valence-electron chi connectivity index (χ4n) is 2.11. The van der Waals surface area contributed by atoms with Crippen molar-refractivity contribution in [2.45, 2.75) is 5.75 Å². The van der Waals surface area contributed by atoms with E-state index in [9.17, 15) is 4.79 Å². The van der Waals surface area contributed by atoms with Crippen molar-refractivity contribution in [1.29, 1.82) is 0 Å². The highest BCUT2D eigenvalue weighted by atomic mass is 35.5. The molecule has 0 radical (unpaired) electrons. The van der Waals surface area contributed by atoms with Gasteiger partial charge in [-0.05, 0) is 17.7 Å². The molecule has 0 spiro atoms. The van der Waals surface area contributed by atoms with Crippen LogP contribution in [0.1, 0.15) is 21.5 Å². The van der Waals surface area contributed by atoms with Crippen LogP contribution >= 0.6 is 23.4 Å². The fourth-order valence-corrected chi connectivity index (χ4v) is 3.30. The normalized spacial score (nSPS) is 15.6. The van der Waals surface area contributed by atoms with Crippen LogP contribution in [-0.4, -0.2) is 17.4 Å². The van der Waals surface area contributed by atoms with Gasteiger partial charge in [-0.25, -0.2) is 4.79 Å². The topological polar surface area (TPSA) is 38.7 Å². The third-order valence-electron chi connectivity index (χ3n) is 3.16. The van der Waals surface area contributed by atoms with Crippen molar-refractivity contribution in [2.75, 3.05) is 5.75 Å². The molecule has 0 N–H and O–H groups in total. The molecular formula is C16H12ClNO2S. The highest BCUT2D eigenvalue weighted by molar-refractivity contribution is 7.99. The molecule has 1 aliphatic rings. The zero-order chi connectivity index (χ0) is 14.7. The minimum Gasteiger partial charge on any atom is -0.312 e. The van der Waals surface area contributed by atoms with E-state index in [1.54, 1.807) is 36.0 Å². The molecule has 106 valence electrons. The first-order chi connectivity index (χ1) is 10.3. The zero-order valence-electron chi connectivity index (χ0n) is 11.1. The molecule has 3 nitrogen and oxygen atoms in total. The van der Waals surface area contributed by atoms with E-state index in [0.717, 1.165) is 22.8 Å². The van der Waals surface area contributed by atoms with Crippen molar-refractivity contribution < 1.29 is 9.63 Å². The van der Waals surface area contributed by atoms with Gasteiger partial charge in [-0.3, -0.25) is 0 Å². The van der Waals surface area contributed by atoms with E-state index in [1.807, 2.05) is 18.2 Å². The maximum Gasteiger partial charge on any atom is 0.367 e. The molecule has 0 bridgehead atoms. The molecule has 0 saturated carbocycles.